The largest absolute Gasteiger partial charge is 0.489 e. The first-order chi connectivity index (χ1) is 12.2. The molecule has 3 aromatic rings. The Hall–Kier alpha value is -3.41. The number of carbonyl (C=O) groups is 1. The van der Waals surface area contributed by atoms with Gasteiger partial charge in [-0.1, -0.05) is 48.5 Å². The fourth-order valence-corrected chi connectivity index (χ4v) is 2.26. The van der Waals surface area contributed by atoms with Gasteiger partial charge in [-0.25, -0.2) is 5.10 Å². The van der Waals surface area contributed by atoms with E-state index in [1.807, 2.05) is 54.6 Å². The first kappa shape index (κ1) is 16.4. The number of hydrogen-bond acceptors (Lipinski definition) is 4. The van der Waals surface area contributed by atoms with Crippen molar-refractivity contribution in [3.05, 3.63) is 93.9 Å². The quantitative estimate of drug-likeness (QED) is 0.724. The van der Waals surface area contributed by atoms with Gasteiger partial charge in [0.2, 0.25) is 0 Å². The molecule has 25 heavy (non-hydrogen) atoms. The van der Waals surface area contributed by atoms with Gasteiger partial charge in [-0.3, -0.25) is 9.59 Å². The Morgan fingerprint density at radius 2 is 1.76 bits per heavy atom. The molecular formula is C19H17N3O3. The van der Waals surface area contributed by atoms with Crippen LogP contribution < -0.4 is 15.6 Å². The molecule has 0 spiro atoms. The predicted octanol–water partition coefficient (Wildman–Crippen LogP) is 2.28. The summed E-state index contributed by atoms with van der Waals surface area (Å²) in [6.07, 6.45) is 0. The lowest BCUT2D eigenvalue weighted by molar-refractivity contribution is 0.0944. The average Bonchev–Trinajstić information content (AvgIpc) is 2.66. The highest BCUT2D eigenvalue weighted by Crippen LogP contribution is 2.19. The Balaban J connectivity index is 1.63. The SMILES string of the molecule is O=C(NCc1ccccc1OCc1ccccc1)c1ccc(=O)[nH]n1. The Kier molecular flexibility index (Phi) is 5.21. The summed E-state index contributed by atoms with van der Waals surface area (Å²) in [5.41, 5.74) is 1.73. The van der Waals surface area contributed by atoms with Gasteiger partial charge in [0.15, 0.2) is 0 Å². The smallest absolute Gasteiger partial charge is 0.271 e. The number of H-pyrrole nitrogens is 1. The zero-order valence-corrected chi connectivity index (χ0v) is 13.4. The molecule has 2 N–H and O–H groups in total. The predicted molar refractivity (Wildman–Crippen MR) is 93.2 cm³/mol. The minimum atomic E-state index is -0.367. The Morgan fingerprint density at radius 1 is 1.00 bits per heavy atom. The summed E-state index contributed by atoms with van der Waals surface area (Å²) in [6, 6.07) is 20.0. The third-order valence-electron chi connectivity index (χ3n) is 3.56. The van der Waals surface area contributed by atoms with Gasteiger partial charge in [0.1, 0.15) is 18.1 Å². The lowest BCUT2D eigenvalue weighted by Crippen LogP contribution is -2.25. The molecule has 0 bridgehead atoms. The molecule has 0 aliphatic carbocycles. The van der Waals surface area contributed by atoms with Gasteiger partial charge in [-0.15, -0.1) is 0 Å². The van der Waals surface area contributed by atoms with E-state index in [0.29, 0.717) is 18.9 Å². The van der Waals surface area contributed by atoms with E-state index in [2.05, 4.69) is 15.5 Å². The molecule has 1 heterocycles. The molecular weight excluding hydrogens is 318 g/mol. The van der Waals surface area contributed by atoms with E-state index < -0.39 is 0 Å². The number of aromatic amines is 1. The number of rotatable bonds is 6. The molecule has 126 valence electrons. The molecule has 6 heteroatoms. The second kappa shape index (κ2) is 7.92. The summed E-state index contributed by atoms with van der Waals surface area (Å²) in [5, 5.41) is 8.72. The molecule has 0 atom stereocenters. The number of nitrogens with zero attached hydrogens (tertiary/aromatic N) is 1. The molecule has 0 fully saturated rings. The normalized spacial score (nSPS) is 10.2. The van der Waals surface area contributed by atoms with Crippen molar-refractivity contribution in [3.63, 3.8) is 0 Å². The van der Waals surface area contributed by atoms with Crippen molar-refractivity contribution in [2.24, 2.45) is 0 Å². The number of amides is 1. The van der Waals surface area contributed by atoms with Crippen LogP contribution in [0.2, 0.25) is 0 Å². The third-order valence-corrected chi connectivity index (χ3v) is 3.56. The molecule has 0 saturated heterocycles. The van der Waals surface area contributed by atoms with E-state index in [0.717, 1.165) is 11.1 Å². The summed E-state index contributed by atoms with van der Waals surface area (Å²) < 4.78 is 5.86. The van der Waals surface area contributed by atoms with Gasteiger partial charge in [0, 0.05) is 18.2 Å². The zero-order chi connectivity index (χ0) is 17.5. The Labute approximate surface area is 144 Å². The van der Waals surface area contributed by atoms with Gasteiger partial charge in [-0.05, 0) is 17.7 Å². The van der Waals surface area contributed by atoms with Crippen molar-refractivity contribution in [2.45, 2.75) is 13.2 Å². The first-order valence-electron chi connectivity index (χ1n) is 7.81. The van der Waals surface area contributed by atoms with Crippen molar-refractivity contribution in [2.75, 3.05) is 0 Å². The van der Waals surface area contributed by atoms with E-state index in [1.54, 1.807) is 0 Å². The number of para-hydroxylation sites is 1. The molecule has 1 amide bonds. The Bertz CT molecular complexity index is 887. The molecule has 2 aromatic carbocycles. The lowest BCUT2D eigenvalue weighted by Gasteiger charge is -2.12. The highest BCUT2D eigenvalue weighted by atomic mass is 16.5. The lowest BCUT2D eigenvalue weighted by atomic mass is 10.2. The van der Waals surface area contributed by atoms with Crippen LogP contribution >= 0.6 is 0 Å². The average molecular weight is 335 g/mol. The van der Waals surface area contributed by atoms with Gasteiger partial charge in [0.25, 0.3) is 11.5 Å². The van der Waals surface area contributed by atoms with E-state index in [9.17, 15) is 9.59 Å². The molecule has 0 aliphatic heterocycles. The summed E-state index contributed by atoms with van der Waals surface area (Å²) in [6.45, 7) is 0.748. The number of carbonyl (C=O) groups excluding carboxylic acids is 1. The van der Waals surface area contributed by atoms with Crippen LogP contribution in [0.5, 0.6) is 5.75 Å². The highest BCUT2D eigenvalue weighted by molar-refractivity contribution is 5.91. The van der Waals surface area contributed by atoms with Crippen LogP contribution in [-0.4, -0.2) is 16.1 Å². The van der Waals surface area contributed by atoms with Crippen molar-refractivity contribution in [1.82, 2.24) is 15.5 Å². The van der Waals surface area contributed by atoms with Crippen LogP contribution in [0.3, 0.4) is 0 Å². The molecule has 6 nitrogen and oxygen atoms in total. The van der Waals surface area contributed by atoms with Crippen LogP contribution in [0, 0.1) is 0 Å². The number of hydrogen-bond donors (Lipinski definition) is 2. The highest BCUT2D eigenvalue weighted by Gasteiger charge is 2.09. The number of nitrogens with one attached hydrogen (secondary N) is 2. The van der Waals surface area contributed by atoms with Gasteiger partial charge < -0.3 is 10.1 Å². The van der Waals surface area contributed by atoms with Crippen molar-refractivity contribution in [1.29, 1.82) is 0 Å². The zero-order valence-electron chi connectivity index (χ0n) is 13.4. The summed E-state index contributed by atoms with van der Waals surface area (Å²) in [7, 11) is 0. The molecule has 1 aromatic heterocycles. The second-order valence-corrected chi connectivity index (χ2v) is 5.37. The summed E-state index contributed by atoms with van der Waals surface area (Å²) >= 11 is 0. The van der Waals surface area contributed by atoms with Crippen LogP contribution in [0.15, 0.2) is 71.5 Å². The van der Waals surface area contributed by atoms with Gasteiger partial charge in [-0.2, -0.15) is 5.10 Å². The molecule has 0 radical (unpaired) electrons. The van der Waals surface area contributed by atoms with E-state index in [1.165, 1.54) is 12.1 Å². The van der Waals surface area contributed by atoms with E-state index in [-0.39, 0.29) is 17.2 Å². The monoisotopic (exact) mass is 335 g/mol. The van der Waals surface area contributed by atoms with E-state index in [4.69, 9.17) is 4.74 Å². The molecule has 0 aliphatic rings. The fraction of sp³-hybridized carbons (Fsp3) is 0.105. The summed E-state index contributed by atoms with van der Waals surface area (Å²) in [5.74, 6) is 0.343. The van der Waals surface area contributed by atoms with Crippen LogP contribution in [-0.2, 0) is 13.2 Å². The molecule has 3 rings (SSSR count). The fourth-order valence-electron chi connectivity index (χ4n) is 2.26. The standard InChI is InChI=1S/C19H17N3O3/c23-18-11-10-16(21-22-18)19(24)20-12-15-8-4-5-9-17(15)25-13-14-6-2-1-3-7-14/h1-11H,12-13H2,(H,20,24)(H,22,23). The number of ether oxygens (including phenoxy) is 1. The maximum Gasteiger partial charge on any atom is 0.271 e. The minimum absolute atomic E-state index is 0.155. The maximum absolute atomic E-state index is 12.1. The topological polar surface area (TPSA) is 84.1 Å². The van der Waals surface area contributed by atoms with E-state index >= 15 is 0 Å². The number of aromatic nitrogens is 2. The molecule has 0 unspecified atom stereocenters. The van der Waals surface area contributed by atoms with Gasteiger partial charge in [0.05, 0.1) is 0 Å². The minimum Gasteiger partial charge on any atom is -0.489 e. The molecule has 0 saturated carbocycles. The van der Waals surface area contributed by atoms with Crippen LogP contribution in [0.25, 0.3) is 0 Å². The van der Waals surface area contributed by atoms with Gasteiger partial charge >= 0.3 is 0 Å². The Morgan fingerprint density at radius 3 is 2.52 bits per heavy atom. The van der Waals surface area contributed by atoms with Crippen molar-refractivity contribution >= 4 is 5.91 Å². The third kappa shape index (κ3) is 4.54. The summed E-state index contributed by atoms with van der Waals surface area (Å²) in [4.78, 5) is 23.1. The number of benzene rings is 2. The second-order valence-electron chi connectivity index (χ2n) is 5.37. The van der Waals surface area contributed by atoms with Crippen molar-refractivity contribution in [3.8, 4) is 5.75 Å². The maximum atomic E-state index is 12.1. The van der Waals surface area contributed by atoms with Crippen LogP contribution in [0.4, 0.5) is 0 Å². The van der Waals surface area contributed by atoms with Crippen molar-refractivity contribution < 1.29 is 9.53 Å². The first-order valence-corrected chi connectivity index (χ1v) is 7.81. The van der Waals surface area contributed by atoms with Crippen LogP contribution in [0.1, 0.15) is 21.6 Å².